The van der Waals surface area contributed by atoms with E-state index in [0.717, 1.165) is 10.8 Å². The first-order valence-electron chi connectivity index (χ1n) is 5.36. The lowest BCUT2D eigenvalue weighted by Crippen LogP contribution is -2.41. The average Bonchev–Trinajstić information content (AvgIpc) is 2.25. The van der Waals surface area contributed by atoms with E-state index in [1.165, 1.54) is 18.4 Å². The molecule has 2 N–H and O–H groups in total. The average molecular weight is 267 g/mol. The summed E-state index contributed by atoms with van der Waals surface area (Å²) < 4.78 is 26.0. The number of carbonyl (C=O) groups is 1. The van der Waals surface area contributed by atoms with E-state index < -0.39 is 16.2 Å². The third-order valence-corrected chi connectivity index (χ3v) is 4.27. The van der Waals surface area contributed by atoms with Crippen LogP contribution < -0.4 is 5.32 Å². The highest BCUT2D eigenvalue weighted by Crippen LogP contribution is 2.05. The molecule has 7 nitrogen and oxygen atoms in total. The number of carboxylic acid groups (broad SMARTS) is 1. The van der Waals surface area contributed by atoms with Crippen molar-refractivity contribution in [2.75, 3.05) is 40.8 Å². The first kappa shape index (κ1) is 16.3. The van der Waals surface area contributed by atoms with Crippen LogP contribution in [0, 0.1) is 0 Å². The molecule has 8 heteroatoms. The number of hydrogen-bond donors (Lipinski definition) is 2. The number of nitrogens with zero attached hydrogens (tertiary/aromatic N) is 2. The molecular formula is C9H21N3O4S. The normalized spacial score (nSPS) is 12.3. The summed E-state index contributed by atoms with van der Waals surface area (Å²) >= 11 is 0. The second-order valence-electron chi connectivity index (χ2n) is 3.75. The molecule has 0 radical (unpaired) electrons. The Morgan fingerprint density at radius 1 is 1.24 bits per heavy atom. The molecule has 0 aromatic rings. The predicted molar refractivity (Wildman–Crippen MR) is 65.0 cm³/mol. The van der Waals surface area contributed by atoms with Gasteiger partial charge in [-0.15, -0.1) is 0 Å². The maximum Gasteiger partial charge on any atom is 0.304 e. The molecule has 0 aromatic carbocycles. The lowest BCUT2D eigenvalue weighted by atomic mass is 10.4. The van der Waals surface area contributed by atoms with Gasteiger partial charge in [-0.25, -0.2) is 0 Å². The molecule has 0 aliphatic heterocycles. The molecule has 0 aromatic heterocycles. The molecule has 0 atom stereocenters. The van der Waals surface area contributed by atoms with Crippen LogP contribution in [0.4, 0.5) is 0 Å². The molecule has 17 heavy (non-hydrogen) atoms. The number of hydrogen-bond acceptors (Lipinski definition) is 4. The maximum absolute atomic E-state index is 11.9. The largest absolute Gasteiger partial charge is 0.481 e. The van der Waals surface area contributed by atoms with E-state index in [-0.39, 0.29) is 13.0 Å². The summed E-state index contributed by atoms with van der Waals surface area (Å²) in [4.78, 5) is 10.4. The summed E-state index contributed by atoms with van der Waals surface area (Å²) in [6.07, 6.45) is 0.513. The zero-order valence-corrected chi connectivity index (χ0v) is 11.3. The van der Waals surface area contributed by atoms with Gasteiger partial charge in [0.2, 0.25) is 0 Å². The van der Waals surface area contributed by atoms with Crippen LogP contribution in [0.3, 0.4) is 0 Å². The van der Waals surface area contributed by atoms with Gasteiger partial charge < -0.3 is 10.4 Å². The fourth-order valence-electron chi connectivity index (χ4n) is 1.20. The standard InChI is InChI=1S/C9H21N3O4S/c1-10-6-4-7-11(2)17(15,16)12(3)8-5-9(13)14/h10H,4-8H2,1-3H3,(H,13,14). The van der Waals surface area contributed by atoms with Crippen molar-refractivity contribution in [2.24, 2.45) is 0 Å². The third-order valence-electron chi connectivity index (χ3n) is 2.33. The monoisotopic (exact) mass is 267 g/mol. The maximum atomic E-state index is 11.9. The molecule has 0 saturated heterocycles. The van der Waals surface area contributed by atoms with Crippen LogP contribution in [0.2, 0.25) is 0 Å². The Balaban J connectivity index is 4.28. The minimum Gasteiger partial charge on any atom is -0.481 e. The minimum absolute atomic E-state index is 0.0198. The van der Waals surface area contributed by atoms with Gasteiger partial charge in [0.1, 0.15) is 0 Å². The molecule has 0 bridgehead atoms. The van der Waals surface area contributed by atoms with Crippen LogP contribution in [-0.4, -0.2) is 68.9 Å². The minimum atomic E-state index is -3.54. The molecule has 0 spiro atoms. The Morgan fingerprint density at radius 3 is 2.24 bits per heavy atom. The second kappa shape index (κ2) is 7.59. The number of rotatable bonds is 9. The van der Waals surface area contributed by atoms with E-state index in [1.54, 1.807) is 7.05 Å². The second-order valence-corrected chi connectivity index (χ2v) is 5.89. The lowest BCUT2D eigenvalue weighted by molar-refractivity contribution is -0.137. The summed E-state index contributed by atoms with van der Waals surface area (Å²) in [5, 5.41) is 11.4. The van der Waals surface area contributed by atoms with E-state index in [2.05, 4.69) is 5.32 Å². The van der Waals surface area contributed by atoms with Gasteiger partial charge in [0, 0.05) is 27.2 Å². The van der Waals surface area contributed by atoms with Crippen molar-refractivity contribution in [3.63, 3.8) is 0 Å². The van der Waals surface area contributed by atoms with E-state index >= 15 is 0 Å². The van der Waals surface area contributed by atoms with Crippen molar-refractivity contribution in [2.45, 2.75) is 12.8 Å². The fraction of sp³-hybridized carbons (Fsp3) is 0.889. The first-order valence-corrected chi connectivity index (χ1v) is 6.76. The van der Waals surface area contributed by atoms with Gasteiger partial charge in [0.25, 0.3) is 10.2 Å². The first-order chi connectivity index (χ1) is 7.82. The van der Waals surface area contributed by atoms with E-state index in [4.69, 9.17) is 5.11 Å². The zero-order chi connectivity index (χ0) is 13.5. The van der Waals surface area contributed by atoms with Crippen molar-refractivity contribution in [3.05, 3.63) is 0 Å². The van der Waals surface area contributed by atoms with Crippen molar-refractivity contribution < 1.29 is 18.3 Å². The molecular weight excluding hydrogens is 246 g/mol. The van der Waals surface area contributed by atoms with E-state index in [0.29, 0.717) is 13.0 Å². The van der Waals surface area contributed by atoms with Crippen molar-refractivity contribution in [3.8, 4) is 0 Å². The van der Waals surface area contributed by atoms with Crippen LogP contribution >= 0.6 is 0 Å². The molecule has 0 aliphatic rings. The highest BCUT2D eigenvalue weighted by atomic mass is 32.2. The van der Waals surface area contributed by atoms with Crippen molar-refractivity contribution in [1.29, 1.82) is 0 Å². The summed E-state index contributed by atoms with van der Waals surface area (Å²) in [7, 11) is 1.13. The smallest absolute Gasteiger partial charge is 0.304 e. The summed E-state index contributed by atoms with van der Waals surface area (Å²) in [5.41, 5.74) is 0. The Morgan fingerprint density at radius 2 is 1.76 bits per heavy atom. The van der Waals surface area contributed by atoms with Crippen molar-refractivity contribution in [1.82, 2.24) is 13.9 Å². The summed E-state index contributed by atoms with van der Waals surface area (Å²) in [5.74, 6) is -1.01. The SMILES string of the molecule is CNCCCN(C)S(=O)(=O)N(C)CCC(=O)O. The Labute approximate surface area is 103 Å². The molecule has 0 fully saturated rings. The lowest BCUT2D eigenvalue weighted by Gasteiger charge is -2.23. The summed E-state index contributed by atoms with van der Waals surface area (Å²) in [6, 6.07) is 0. The third kappa shape index (κ3) is 5.97. The van der Waals surface area contributed by atoms with Gasteiger partial charge in [-0.05, 0) is 20.0 Å². The molecule has 0 rings (SSSR count). The van der Waals surface area contributed by atoms with Crippen LogP contribution in [0.15, 0.2) is 0 Å². The van der Waals surface area contributed by atoms with Crippen LogP contribution in [0.25, 0.3) is 0 Å². The van der Waals surface area contributed by atoms with Gasteiger partial charge in [-0.3, -0.25) is 4.79 Å². The topological polar surface area (TPSA) is 90.0 Å². The van der Waals surface area contributed by atoms with Gasteiger partial charge in [0.05, 0.1) is 6.42 Å². The number of carboxylic acids is 1. The molecule has 0 saturated carbocycles. The molecule has 0 unspecified atom stereocenters. The van der Waals surface area contributed by atoms with Gasteiger partial charge in [-0.1, -0.05) is 0 Å². The van der Waals surface area contributed by atoms with E-state index in [1.807, 2.05) is 0 Å². The van der Waals surface area contributed by atoms with Gasteiger partial charge >= 0.3 is 5.97 Å². The highest BCUT2D eigenvalue weighted by Gasteiger charge is 2.23. The molecule has 0 amide bonds. The highest BCUT2D eigenvalue weighted by molar-refractivity contribution is 7.86. The van der Waals surface area contributed by atoms with Gasteiger partial charge in [-0.2, -0.15) is 17.0 Å². The molecule has 102 valence electrons. The molecule has 0 heterocycles. The fourth-order valence-corrected chi connectivity index (χ4v) is 2.36. The quantitative estimate of drug-likeness (QED) is 0.533. The van der Waals surface area contributed by atoms with Crippen LogP contribution in [0.5, 0.6) is 0 Å². The Hall–Kier alpha value is -0.700. The molecule has 0 aliphatic carbocycles. The Kier molecular flexibility index (Phi) is 7.28. The van der Waals surface area contributed by atoms with Crippen molar-refractivity contribution >= 4 is 16.2 Å². The number of aliphatic carboxylic acids is 1. The number of nitrogens with one attached hydrogen (secondary N) is 1. The van der Waals surface area contributed by atoms with E-state index in [9.17, 15) is 13.2 Å². The zero-order valence-electron chi connectivity index (χ0n) is 10.5. The van der Waals surface area contributed by atoms with Crippen LogP contribution in [0.1, 0.15) is 12.8 Å². The predicted octanol–water partition coefficient (Wildman–Crippen LogP) is -0.821. The Bertz CT molecular complexity index is 331. The van der Waals surface area contributed by atoms with Gasteiger partial charge in [0.15, 0.2) is 0 Å². The summed E-state index contributed by atoms with van der Waals surface area (Å²) in [6.45, 7) is 1.12. The van der Waals surface area contributed by atoms with Crippen LogP contribution in [-0.2, 0) is 15.0 Å².